The zero-order chi connectivity index (χ0) is 23.0. The fourth-order valence-electron chi connectivity index (χ4n) is 4.60. The number of hydrogen-bond acceptors (Lipinski definition) is 6. The molecule has 1 unspecified atom stereocenters. The van der Waals surface area contributed by atoms with E-state index in [1.807, 2.05) is 32.9 Å². The minimum atomic E-state index is -0.621. The maximum absolute atomic E-state index is 13.0. The van der Waals surface area contributed by atoms with E-state index in [2.05, 4.69) is 15.5 Å². The lowest BCUT2D eigenvalue weighted by Gasteiger charge is -2.35. The minimum Gasteiger partial charge on any atom is -0.444 e. The van der Waals surface area contributed by atoms with Gasteiger partial charge in [-0.15, -0.1) is 0 Å². The van der Waals surface area contributed by atoms with Gasteiger partial charge in [-0.05, 0) is 52.2 Å². The summed E-state index contributed by atoms with van der Waals surface area (Å²) in [5.41, 5.74) is 1.99. The van der Waals surface area contributed by atoms with Crippen molar-refractivity contribution < 1.29 is 23.9 Å². The predicted octanol–water partition coefficient (Wildman–Crippen LogP) is 1.94. The van der Waals surface area contributed by atoms with Gasteiger partial charge in [-0.25, -0.2) is 4.79 Å². The Kier molecular flexibility index (Phi) is 5.83. The lowest BCUT2D eigenvalue weighted by atomic mass is 10.0. The standard InChI is InChI=1S/C23H30N4O5/c1-23(2,3)32-22(31)24-14-9-11-26(12-10-14)17-6-4-5-15-16(17)13-27(21(15)30)18-7-8-19(28)25-20(18)29/h4-6,14,18H,7-13H2,1-3H3,(H,24,31)(H,25,28,29). The molecular weight excluding hydrogens is 412 g/mol. The molecule has 3 heterocycles. The van der Waals surface area contributed by atoms with E-state index < -0.39 is 23.6 Å². The maximum Gasteiger partial charge on any atom is 0.407 e. The van der Waals surface area contributed by atoms with Crippen LogP contribution in [0.5, 0.6) is 0 Å². The van der Waals surface area contributed by atoms with Crippen LogP contribution in [0.4, 0.5) is 10.5 Å². The van der Waals surface area contributed by atoms with Crippen LogP contribution in [-0.4, -0.2) is 59.5 Å². The van der Waals surface area contributed by atoms with Gasteiger partial charge in [-0.1, -0.05) is 6.07 Å². The number of hydrogen-bond donors (Lipinski definition) is 2. The topological polar surface area (TPSA) is 108 Å². The van der Waals surface area contributed by atoms with Gasteiger partial charge in [0.2, 0.25) is 11.8 Å². The summed E-state index contributed by atoms with van der Waals surface area (Å²) in [7, 11) is 0. The monoisotopic (exact) mass is 442 g/mol. The Morgan fingerprint density at radius 3 is 2.50 bits per heavy atom. The van der Waals surface area contributed by atoms with Gasteiger partial charge in [0.05, 0.1) is 0 Å². The minimum absolute atomic E-state index is 0.0412. The number of fused-ring (bicyclic) bond motifs is 1. The second kappa shape index (κ2) is 8.44. The van der Waals surface area contributed by atoms with E-state index in [4.69, 9.17) is 4.74 Å². The van der Waals surface area contributed by atoms with Crippen molar-refractivity contribution in [3.63, 3.8) is 0 Å². The molecule has 0 aliphatic carbocycles. The molecule has 1 aromatic rings. The Bertz CT molecular complexity index is 946. The summed E-state index contributed by atoms with van der Waals surface area (Å²) in [6.45, 7) is 7.35. The third-order valence-corrected chi connectivity index (χ3v) is 6.11. The lowest BCUT2D eigenvalue weighted by Crippen LogP contribution is -2.52. The summed E-state index contributed by atoms with van der Waals surface area (Å²) in [5.74, 6) is -0.866. The number of benzene rings is 1. The van der Waals surface area contributed by atoms with Crippen molar-refractivity contribution in [1.82, 2.24) is 15.5 Å². The average molecular weight is 443 g/mol. The number of nitrogens with one attached hydrogen (secondary N) is 2. The molecule has 9 heteroatoms. The van der Waals surface area contributed by atoms with Crippen molar-refractivity contribution in [2.75, 3.05) is 18.0 Å². The first-order valence-electron chi connectivity index (χ1n) is 11.1. The summed E-state index contributed by atoms with van der Waals surface area (Å²) in [6.07, 6.45) is 1.73. The van der Waals surface area contributed by atoms with Crippen LogP contribution >= 0.6 is 0 Å². The first-order chi connectivity index (χ1) is 15.1. The van der Waals surface area contributed by atoms with E-state index in [1.165, 1.54) is 0 Å². The zero-order valence-corrected chi connectivity index (χ0v) is 18.8. The van der Waals surface area contributed by atoms with Gasteiger partial charge in [0.25, 0.3) is 5.91 Å². The van der Waals surface area contributed by atoms with Crippen LogP contribution in [0.2, 0.25) is 0 Å². The molecule has 1 atom stereocenters. The number of rotatable bonds is 3. The lowest BCUT2D eigenvalue weighted by molar-refractivity contribution is -0.136. The molecule has 2 N–H and O–H groups in total. The normalized spacial score (nSPS) is 22.0. The highest BCUT2D eigenvalue weighted by atomic mass is 16.6. The molecule has 172 valence electrons. The molecule has 4 rings (SSSR count). The molecule has 1 aromatic carbocycles. The third kappa shape index (κ3) is 4.56. The number of imide groups is 1. The predicted molar refractivity (Wildman–Crippen MR) is 117 cm³/mol. The maximum atomic E-state index is 13.0. The quantitative estimate of drug-likeness (QED) is 0.693. The van der Waals surface area contributed by atoms with Crippen molar-refractivity contribution in [2.24, 2.45) is 0 Å². The summed E-state index contributed by atoms with van der Waals surface area (Å²) in [5, 5.41) is 5.28. The van der Waals surface area contributed by atoms with Crippen molar-refractivity contribution >= 4 is 29.5 Å². The number of carbonyl (C=O) groups is 4. The number of amides is 4. The molecular formula is C23H30N4O5. The fraction of sp³-hybridized carbons (Fsp3) is 0.565. The Labute approximate surface area is 187 Å². The molecule has 9 nitrogen and oxygen atoms in total. The molecule has 4 amide bonds. The van der Waals surface area contributed by atoms with Crippen LogP contribution in [0.1, 0.15) is 62.4 Å². The van der Waals surface area contributed by atoms with E-state index in [9.17, 15) is 19.2 Å². The van der Waals surface area contributed by atoms with Gasteiger partial charge in [-0.3, -0.25) is 19.7 Å². The van der Waals surface area contributed by atoms with Crippen molar-refractivity contribution in [3.05, 3.63) is 29.3 Å². The number of anilines is 1. The molecule has 0 spiro atoms. The first kappa shape index (κ1) is 22.1. The summed E-state index contributed by atoms with van der Waals surface area (Å²) in [4.78, 5) is 52.7. The Morgan fingerprint density at radius 1 is 1.12 bits per heavy atom. The van der Waals surface area contributed by atoms with Gasteiger partial charge in [-0.2, -0.15) is 0 Å². The largest absolute Gasteiger partial charge is 0.444 e. The Balaban J connectivity index is 1.42. The van der Waals surface area contributed by atoms with Gasteiger partial charge in [0.1, 0.15) is 11.6 Å². The summed E-state index contributed by atoms with van der Waals surface area (Å²) in [6, 6.07) is 5.08. The highest BCUT2D eigenvalue weighted by Gasteiger charge is 2.40. The van der Waals surface area contributed by atoms with Crippen LogP contribution in [0.3, 0.4) is 0 Å². The molecule has 0 radical (unpaired) electrons. The molecule has 3 aliphatic heterocycles. The van der Waals surface area contributed by atoms with Crippen LogP contribution in [0, 0.1) is 0 Å². The van der Waals surface area contributed by atoms with Gasteiger partial charge >= 0.3 is 6.09 Å². The van der Waals surface area contributed by atoms with Crippen LogP contribution in [0.15, 0.2) is 18.2 Å². The van der Waals surface area contributed by atoms with E-state index in [-0.39, 0.29) is 24.3 Å². The van der Waals surface area contributed by atoms with Gasteiger partial charge in [0, 0.05) is 48.9 Å². The molecule has 2 fully saturated rings. The highest BCUT2D eigenvalue weighted by molar-refractivity contribution is 6.06. The van der Waals surface area contributed by atoms with Crippen LogP contribution in [0.25, 0.3) is 0 Å². The van der Waals surface area contributed by atoms with Crippen LogP contribution < -0.4 is 15.5 Å². The van der Waals surface area contributed by atoms with Crippen LogP contribution in [-0.2, 0) is 20.9 Å². The highest BCUT2D eigenvalue weighted by Crippen LogP contribution is 2.35. The second-order valence-corrected chi connectivity index (χ2v) is 9.61. The summed E-state index contributed by atoms with van der Waals surface area (Å²) < 4.78 is 5.35. The molecule has 2 saturated heterocycles. The second-order valence-electron chi connectivity index (χ2n) is 9.61. The summed E-state index contributed by atoms with van der Waals surface area (Å²) >= 11 is 0. The average Bonchev–Trinajstić information content (AvgIpc) is 3.04. The number of nitrogens with zero attached hydrogens (tertiary/aromatic N) is 2. The number of carbonyl (C=O) groups excluding carboxylic acids is 4. The smallest absolute Gasteiger partial charge is 0.407 e. The number of alkyl carbamates (subject to hydrolysis) is 1. The molecule has 0 saturated carbocycles. The van der Waals surface area contributed by atoms with Gasteiger partial charge < -0.3 is 19.9 Å². The van der Waals surface area contributed by atoms with E-state index in [0.717, 1.165) is 37.2 Å². The van der Waals surface area contributed by atoms with E-state index in [0.29, 0.717) is 18.5 Å². The van der Waals surface area contributed by atoms with Crippen molar-refractivity contribution in [2.45, 2.75) is 70.7 Å². The fourth-order valence-corrected chi connectivity index (χ4v) is 4.60. The zero-order valence-electron chi connectivity index (χ0n) is 18.8. The molecule has 0 bridgehead atoms. The van der Waals surface area contributed by atoms with E-state index in [1.54, 1.807) is 11.0 Å². The van der Waals surface area contributed by atoms with Crippen molar-refractivity contribution in [3.8, 4) is 0 Å². The third-order valence-electron chi connectivity index (χ3n) is 6.11. The van der Waals surface area contributed by atoms with Crippen molar-refractivity contribution in [1.29, 1.82) is 0 Å². The van der Waals surface area contributed by atoms with Gasteiger partial charge in [0.15, 0.2) is 0 Å². The van der Waals surface area contributed by atoms with E-state index >= 15 is 0 Å². The number of piperidine rings is 2. The molecule has 32 heavy (non-hydrogen) atoms. The first-order valence-corrected chi connectivity index (χ1v) is 11.1. The molecule has 3 aliphatic rings. The molecule has 0 aromatic heterocycles. The Morgan fingerprint density at radius 2 is 1.84 bits per heavy atom. The SMILES string of the molecule is CC(C)(C)OC(=O)NC1CCN(c2cccc3c2CN(C2CCC(=O)NC2=O)C3=O)CC1. The Hall–Kier alpha value is -3.10. The number of ether oxygens (including phenoxy) is 1.